The monoisotopic (exact) mass is 413 g/mol. The van der Waals surface area contributed by atoms with Gasteiger partial charge in [0.1, 0.15) is 30.1 Å². The molecule has 1 N–H and O–H groups in total. The maximum atomic E-state index is 12.8. The summed E-state index contributed by atoms with van der Waals surface area (Å²) in [5, 5.41) is 11.0. The predicted octanol–water partition coefficient (Wildman–Crippen LogP) is 1.44. The van der Waals surface area contributed by atoms with Crippen molar-refractivity contribution in [3.63, 3.8) is 0 Å². The summed E-state index contributed by atoms with van der Waals surface area (Å²) < 4.78 is 5.68. The number of benzene rings is 1. The van der Waals surface area contributed by atoms with Crippen LogP contribution in [0.5, 0.6) is 5.75 Å². The molecule has 1 atom stereocenters. The van der Waals surface area contributed by atoms with Crippen LogP contribution in [0.25, 0.3) is 0 Å². The molecule has 30 heavy (non-hydrogen) atoms. The molecule has 8 nitrogen and oxygen atoms in total. The van der Waals surface area contributed by atoms with Crippen LogP contribution in [0.2, 0.25) is 0 Å². The number of carbonyl (C=O) groups excluding carboxylic acids is 1. The van der Waals surface area contributed by atoms with Gasteiger partial charge in [-0.25, -0.2) is 9.97 Å². The number of rotatable bonds is 8. The van der Waals surface area contributed by atoms with Crippen molar-refractivity contribution in [2.24, 2.45) is 0 Å². The van der Waals surface area contributed by atoms with E-state index in [1.165, 1.54) is 6.33 Å². The average Bonchev–Trinajstić information content (AvgIpc) is 3.09. The van der Waals surface area contributed by atoms with Crippen molar-refractivity contribution in [3.8, 4) is 5.75 Å². The van der Waals surface area contributed by atoms with Crippen LogP contribution in [-0.4, -0.2) is 90.3 Å². The van der Waals surface area contributed by atoms with E-state index in [-0.39, 0.29) is 12.5 Å². The van der Waals surface area contributed by atoms with Crippen molar-refractivity contribution >= 4 is 11.7 Å². The first-order valence-electron chi connectivity index (χ1n) is 10.1. The van der Waals surface area contributed by atoms with E-state index in [0.29, 0.717) is 31.7 Å². The van der Waals surface area contributed by atoms with E-state index < -0.39 is 5.60 Å². The van der Waals surface area contributed by atoms with Gasteiger partial charge in [-0.2, -0.15) is 0 Å². The number of ether oxygens (including phenoxy) is 1. The maximum absolute atomic E-state index is 12.8. The number of likely N-dealkylation sites (N-methyl/N-ethyl adjacent to an activating group) is 2. The van der Waals surface area contributed by atoms with Crippen molar-refractivity contribution < 1.29 is 14.6 Å². The number of hydrogen-bond donors (Lipinski definition) is 1. The summed E-state index contributed by atoms with van der Waals surface area (Å²) in [4.78, 5) is 26.9. The molecule has 1 aromatic carbocycles. The van der Waals surface area contributed by atoms with E-state index >= 15 is 0 Å². The molecular formula is C22H31N5O3. The smallest absolute Gasteiger partial charge is 0.253 e. The fourth-order valence-electron chi connectivity index (χ4n) is 3.57. The largest absolute Gasteiger partial charge is 0.492 e. The molecule has 2 heterocycles. The minimum Gasteiger partial charge on any atom is -0.492 e. The number of β-amino-alcohol motifs (C(OH)–C–C–N with tert-alkyl or cyclic N) is 1. The minimum absolute atomic E-state index is 0.125. The van der Waals surface area contributed by atoms with Crippen LogP contribution in [0.4, 0.5) is 5.82 Å². The molecule has 1 fully saturated rings. The number of aromatic nitrogens is 2. The van der Waals surface area contributed by atoms with Gasteiger partial charge in [0.15, 0.2) is 0 Å². The number of carbonyl (C=O) groups is 1. The van der Waals surface area contributed by atoms with Crippen LogP contribution in [0.3, 0.4) is 0 Å². The average molecular weight is 414 g/mol. The van der Waals surface area contributed by atoms with Gasteiger partial charge < -0.3 is 24.5 Å². The highest BCUT2D eigenvalue weighted by Gasteiger charge is 2.38. The van der Waals surface area contributed by atoms with Gasteiger partial charge in [-0.1, -0.05) is 0 Å². The van der Waals surface area contributed by atoms with Gasteiger partial charge in [-0.3, -0.25) is 4.79 Å². The first-order chi connectivity index (χ1) is 14.3. The molecule has 2 aromatic rings. The Bertz CT molecular complexity index is 858. The normalized spacial score (nSPS) is 18.7. The quantitative estimate of drug-likeness (QED) is 0.701. The fraction of sp³-hybridized carbons (Fsp3) is 0.500. The number of aliphatic hydroxyl groups is 1. The lowest BCUT2D eigenvalue weighted by Gasteiger charge is -2.29. The maximum Gasteiger partial charge on any atom is 0.253 e. The van der Waals surface area contributed by atoms with E-state index in [4.69, 9.17) is 4.74 Å². The van der Waals surface area contributed by atoms with E-state index in [0.717, 1.165) is 23.8 Å². The molecule has 0 spiro atoms. The summed E-state index contributed by atoms with van der Waals surface area (Å²) >= 11 is 0. The van der Waals surface area contributed by atoms with Crippen LogP contribution < -0.4 is 9.64 Å². The highest BCUT2D eigenvalue weighted by molar-refractivity contribution is 5.94. The minimum atomic E-state index is -0.974. The highest BCUT2D eigenvalue weighted by atomic mass is 16.5. The predicted molar refractivity (Wildman–Crippen MR) is 116 cm³/mol. The molecule has 1 amide bonds. The summed E-state index contributed by atoms with van der Waals surface area (Å²) in [5.74, 6) is 1.41. The van der Waals surface area contributed by atoms with Crippen molar-refractivity contribution in [1.29, 1.82) is 0 Å². The Labute approximate surface area is 178 Å². The second-order valence-corrected chi connectivity index (χ2v) is 8.25. The molecular weight excluding hydrogens is 382 g/mol. The van der Waals surface area contributed by atoms with Crippen LogP contribution in [-0.2, 0) is 0 Å². The number of nitrogens with zero attached hydrogens (tertiary/aromatic N) is 5. The molecule has 0 saturated carbocycles. The van der Waals surface area contributed by atoms with Crippen molar-refractivity contribution in [1.82, 2.24) is 19.8 Å². The van der Waals surface area contributed by atoms with Gasteiger partial charge in [-0.05, 0) is 51.7 Å². The SMILES string of the molecule is Cc1cc(N2CC[C@](O)(CN(C)C(=O)c3ccc(OCCN(C)C)cc3)C2)ncn1. The lowest BCUT2D eigenvalue weighted by atomic mass is 10.0. The van der Waals surface area contributed by atoms with Crippen LogP contribution in [0.1, 0.15) is 22.5 Å². The molecule has 8 heteroatoms. The molecule has 1 aliphatic rings. The van der Waals surface area contributed by atoms with E-state index in [1.807, 2.05) is 36.9 Å². The van der Waals surface area contributed by atoms with Gasteiger partial charge in [0.2, 0.25) is 0 Å². The fourth-order valence-corrected chi connectivity index (χ4v) is 3.57. The lowest BCUT2D eigenvalue weighted by molar-refractivity contribution is 0.0264. The van der Waals surface area contributed by atoms with Gasteiger partial charge in [0.05, 0.1) is 6.54 Å². The molecule has 0 unspecified atom stereocenters. The molecule has 0 aliphatic carbocycles. The second-order valence-electron chi connectivity index (χ2n) is 8.25. The van der Waals surface area contributed by atoms with E-state index in [9.17, 15) is 9.90 Å². The molecule has 1 saturated heterocycles. The highest BCUT2D eigenvalue weighted by Crippen LogP contribution is 2.26. The molecule has 0 bridgehead atoms. The van der Waals surface area contributed by atoms with E-state index in [2.05, 4.69) is 9.97 Å². The Morgan fingerprint density at radius 2 is 1.97 bits per heavy atom. The Morgan fingerprint density at radius 1 is 1.23 bits per heavy atom. The van der Waals surface area contributed by atoms with Crippen LogP contribution in [0, 0.1) is 6.92 Å². The first kappa shape index (κ1) is 22.0. The standard InChI is InChI=1S/C22H31N5O3/c1-17-13-20(24-16-23-17)27-10-9-22(29,15-27)14-26(4)21(28)18-5-7-19(8-6-18)30-12-11-25(2)3/h5-8,13,16,29H,9-12,14-15H2,1-4H3/t22-/m0/s1. The molecule has 162 valence electrons. The molecule has 3 rings (SSSR count). The lowest BCUT2D eigenvalue weighted by Crippen LogP contribution is -2.45. The van der Waals surface area contributed by atoms with Gasteiger partial charge in [0, 0.05) is 44.0 Å². The summed E-state index contributed by atoms with van der Waals surface area (Å²) in [6, 6.07) is 9.04. The third kappa shape index (κ3) is 5.67. The summed E-state index contributed by atoms with van der Waals surface area (Å²) in [6.07, 6.45) is 2.11. The molecule has 1 aliphatic heterocycles. The zero-order valence-corrected chi connectivity index (χ0v) is 18.2. The first-order valence-corrected chi connectivity index (χ1v) is 10.1. The van der Waals surface area contributed by atoms with Crippen LogP contribution in [0.15, 0.2) is 36.7 Å². The van der Waals surface area contributed by atoms with Gasteiger partial charge >= 0.3 is 0 Å². The zero-order valence-electron chi connectivity index (χ0n) is 18.2. The van der Waals surface area contributed by atoms with Crippen molar-refractivity contribution in [2.45, 2.75) is 18.9 Å². The molecule has 1 aromatic heterocycles. The number of amides is 1. The third-order valence-corrected chi connectivity index (χ3v) is 5.23. The van der Waals surface area contributed by atoms with E-state index in [1.54, 1.807) is 36.2 Å². The topological polar surface area (TPSA) is 82.0 Å². The second kappa shape index (κ2) is 9.40. The summed E-state index contributed by atoms with van der Waals surface area (Å²) in [7, 11) is 5.71. The Morgan fingerprint density at radius 3 is 2.63 bits per heavy atom. The molecule has 0 radical (unpaired) electrons. The Hall–Kier alpha value is -2.71. The summed E-state index contributed by atoms with van der Waals surface area (Å²) in [6.45, 7) is 4.71. The summed E-state index contributed by atoms with van der Waals surface area (Å²) in [5.41, 5.74) is 0.484. The number of aryl methyl sites for hydroxylation is 1. The van der Waals surface area contributed by atoms with Crippen LogP contribution >= 0.6 is 0 Å². The number of anilines is 1. The van der Waals surface area contributed by atoms with Crippen molar-refractivity contribution in [3.05, 3.63) is 47.9 Å². The Balaban J connectivity index is 1.56. The number of hydrogen-bond acceptors (Lipinski definition) is 7. The Kier molecular flexibility index (Phi) is 6.89. The zero-order chi connectivity index (χ0) is 21.7. The van der Waals surface area contributed by atoms with Crippen molar-refractivity contribution in [2.75, 3.05) is 58.8 Å². The van der Waals surface area contributed by atoms with Gasteiger partial charge in [0.25, 0.3) is 5.91 Å². The third-order valence-electron chi connectivity index (χ3n) is 5.23. The van der Waals surface area contributed by atoms with Gasteiger partial charge in [-0.15, -0.1) is 0 Å².